The molecule has 1 unspecified atom stereocenters. The average molecular weight is 397 g/mol. The van der Waals surface area contributed by atoms with E-state index in [-0.39, 0.29) is 18.4 Å². The van der Waals surface area contributed by atoms with Crippen LogP contribution in [0.2, 0.25) is 0 Å². The fourth-order valence-electron chi connectivity index (χ4n) is 3.23. The van der Waals surface area contributed by atoms with Gasteiger partial charge in [-0.15, -0.1) is 0 Å². The average Bonchev–Trinajstić information content (AvgIpc) is 2.71. The molecule has 0 saturated heterocycles. The van der Waals surface area contributed by atoms with E-state index < -0.39 is 6.04 Å². The predicted molar refractivity (Wildman–Crippen MR) is 116 cm³/mol. The number of nitrogens with one attached hydrogen (secondary N) is 1. The van der Waals surface area contributed by atoms with Gasteiger partial charge in [0.1, 0.15) is 11.8 Å². The van der Waals surface area contributed by atoms with E-state index in [1.165, 1.54) is 0 Å². The van der Waals surface area contributed by atoms with Crippen molar-refractivity contribution in [2.45, 2.75) is 53.1 Å². The topological polar surface area (TPSA) is 58.6 Å². The van der Waals surface area contributed by atoms with Crippen LogP contribution in [0.1, 0.15) is 43.4 Å². The number of nitrogens with zero attached hydrogens (tertiary/aromatic N) is 1. The predicted octanol–water partition coefficient (Wildman–Crippen LogP) is 4.02. The molecule has 0 spiro atoms. The number of amides is 2. The quantitative estimate of drug-likeness (QED) is 0.660. The molecule has 0 saturated carbocycles. The lowest BCUT2D eigenvalue weighted by Gasteiger charge is -2.30. The van der Waals surface area contributed by atoms with Gasteiger partial charge in [0.2, 0.25) is 5.91 Å². The van der Waals surface area contributed by atoms with Crippen LogP contribution in [0.15, 0.2) is 48.5 Å². The Morgan fingerprint density at radius 1 is 1.07 bits per heavy atom. The van der Waals surface area contributed by atoms with Crippen molar-refractivity contribution in [3.05, 3.63) is 65.2 Å². The molecule has 2 rings (SSSR count). The first-order chi connectivity index (χ1) is 14.0. The summed E-state index contributed by atoms with van der Waals surface area (Å²) in [6, 6.07) is 15.1. The van der Waals surface area contributed by atoms with Crippen molar-refractivity contribution in [2.75, 3.05) is 13.2 Å². The Morgan fingerprint density at radius 3 is 2.48 bits per heavy atom. The molecule has 5 nitrogen and oxygen atoms in total. The third-order valence-corrected chi connectivity index (χ3v) is 4.82. The van der Waals surface area contributed by atoms with E-state index in [9.17, 15) is 9.59 Å². The Bertz CT molecular complexity index is 819. The van der Waals surface area contributed by atoms with Gasteiger partial charge in [0, 0.05) is 13.1 Å². The summed E-state index contributed by atoms with van der Waals surface area (Å²) in [6.45, 7) is 8.76. The number of benzene rings is 2. The molecule has 0 aliphatic heterocycles. The van der Waals surface area contributed by atoms with Crippen molar-refractivity contribution >= 4 is 11.8 Å². The highest BCUT2D eigenvalue weighted by Gasteiger charge is 2.28. The number of carbonyl (C=O) groups excluding carboxylic acids is 2. The number of rotatable bonds is 10. The van der Waals surface area contributed by atoms with Crippen LogP contribution in [0, 0.1) is 13.8 Å². The number of aryl methyl sites for hydroxylation is 2. The molecule has 5 heteroatoms. The van der Waals surface area contributed by atoms with Crippen LogP contribution in [-0.2, 0) is 16.1 Å². The molecule has 0 radical (unpaired) electrons. The normalized spacial score (nSPS) is 11.6. The summed E-state index contributed by atoms with van der Waals surface area (Å²) in [4.78, 5) is 27.5. The Kier molecular flexibility index (Phi) is 8.71. The largest absolute Gasteiger partial charge is 0.484 e. The van der Waals surface area contributed by atoms with Gasteiger partial charge in [-0.1, -0.05) is 61.9 Å². The van der Waals surface area contributed by atoms with Crippen molar-refractivity contribution in [3.8, 4) is 5.75 Å². The lowest BCUT2D eigenvalue weighted by molar-refractivity contribution is -0.143. The van der Waals surface area contributed by atoms with E-state index in [0.717, 1.165) is 23.1 Å². The Hall–Kier alpha value is -2.82. The summed E-state index contributed by atoms with van der Waals surface area (Å²) < 4.78 is 5.77. The van der Waals surface area contributed by atoms with Gasteiger partial charge in [-0.2, -0.15) is 0 Å². The molecule has 1 N–H and O–H groups in total. The van der Waals surface area contributed by atoms with E-state index in [4.69, 9.17) is 4.74 Å². The van der Waals surface area contributed by atoms with Gasteiger partial charge >= 0.3 is 0 Å². The maximum absolute atomic E-state index is 13.1. The van der Waals surface area contributed by atoms with E-state index in [0.29, 0.717) is 25.3 Å². The summed E-state index contributed by atoms with van der Waals surface area (Å²) in [5.41, 5.74) is 3.09. The second kappa shape index (κ2) is 11.2. The minimum absolute atomic E-state index is 0.103. The van der Waals surface area contributed by atoms with Crippen LogP contribution in [0.3, 0.4) is 0 Å². The molecule has 2 amide bonds. The molecule has 1 atom stereocenters. The van der Waals surface area contributed by atoms with Gasteiger partial charge in [-0.25, -0.2) is 0 Å². The van der Waals surface area contributed by atoms with Crippen molar-refractivity contribution in [2.24, 2.45) is 0 Å². The molecule has 0 aliphatic carbocycles. The number of hydrogen-bond acceptors (Lipinski definition) is 3. The summed E-state index contributed by atoms with van der Waals surface area (Å²) >= 11 is 0. The molecule has 0 heterocycles. The van der Waals surface area contributed by atoms with Crippen LogP contribution in [-0.4, -0.2) is 35.9 Å². The molecule has 2 aromatic carbocycles. The van der Waals surface area contributed by atoms with Gasteiger partial charge in [0.05, 0.1) is 0 Å². The smallest absolute Gasteiger partial charge is 0.261 e. The molecular formula is C24H32N2O3. The molecule has 0 fully saturated rings. The number of para-hydroxylation sites is 1. The van der Waals surface area contributed by atoms with Gasteiger partial charge in [-0.3, -0.25) is 9.59 Å². The summed E-state index contributed by atoms with van der Waals surface area (Å²) in [7, 11) is 0. The van der Waals surface area contributed by atoms with E-state index in [1.807, 2.05) is 76.2 Å². The van der Waals surface area contributed by atoms with Crippen LogP contribution in [0.4, 0.5) is 0 Å². The zero-order valence-electron chi connectivity index (χ0n) is 17.9. The van der Waals surface area contributed by atoms with Crippen molar-refractivity contribution in [1.29, 1.82) is 0 Å². The molecule has 0 aliphatic rings. The molecular weight excluding hydrogens is 364 g/mol. The van der Waals surface area contributed by atoms with Crippen LogP contribution in [0.5, 0.6) is 5.75 Å². The summed E-state index contributed by atoms with van der Waals surface area (Å²) in [5, 5.41) is 2.93. The second-order valence-electron chi connectivity index (χ2n) is 7.28. The van der Waals surface area contributed by atoms with E-state index >= 15 is 0 Å². The number of carbonyl (C=O) groups is 2. The van der Waals surface area contributed by atoms with Crippen LogP contribution < -0.4 is 10.1 Å². The third kappa shape index (κ3) is 6.63. The number of hydrogen-bond donors (Lipinski definition) is 1. The monoisotopic (exact) mass is 396 g/mol. The minimum Gasteiger partial charge on any atom is -0.484 e. The fourth-order valence-corrected chi connectivity index (χ4v) is 3.23. The molecule has 29 heavy (non-hydrogen) atoms. The zero-order valence-corrected chi connectivity index (χ0v) is 17.9. The maximum Gasteiger partial charge on any atom is 0.261 e. The van der Waals surface area contributed by atoms with Gasteiger partial charge in [-0.05, 0) is 43.9 Å². The van der Waals surface area contributed by atoms with E-state index in [2.05, 4.69) is 5.32 Å². The first-order valence-corrected chi connectivity index (χ1v) is 10.3. The standard InChI is InChI=1S/C24H32N2O3/c1-5-14-25-24(28)21(6-2)26(16-20-12-9-10-18(3)15-20)23(27)17-29-22-13-8-7-11-19(22)4/h7-13,15,21H,5-6,14,16-17H2,1-4H3,(H,25,28). The zero-order chi connectivity index (χ0) is 21.2. The molecule has 2 aromatic rings. The van der Waals surface area contributed by atoms with Gasteiger partial charge < -0.3 is 15.0 Å². The fraction of sp³-hybridized carbons (Fsp3) is 0.417. The minimum atomic E-state index is -0.532. The first-order valence-electron chi connectivity index (χ1n) is 10.3. The van der Waals surface area contributed by atoms with Gasteiger partial charge in [0.15, 0.2) is 6.61 Å². The molecule has 0 bridgehead atoms. The van der Waals surface area contributed by atoms with Crippen LogP contribution >= 0.6 is 0 Å². The third-order valence-electron chi connectivity index (χ3n) is 4.82. The maximum atomic E-state index is 13.1. The lowest BCUT2D eigenvalue weighted by atomic mass is 10.1. The lowest BCUT2D eigenvalue weighted by Crippen LogP contribution is -2.50. The Balaban J connectivity index is 2.20. The highest BCUT2D eigenvalue weighted by atomic mass is 16.5. The summed E-state index contributed by atoms with van der Waals surface area (Å²) in [5.74, 6) is 0.361. The number of ether oxygens (including phenoxy) is 1. The summed E-state index contributed by atoms with van der Waals surface area (Å²) in [6.07, 6.45) is 1.39. The van der Waals surface area contributed by atoms with Crippen molar-refractivity contribution < 1.29 is 14.3 Å². The van der Waals surface area contributed by atoms with Crippen molar-refractivity contribution in [3.63, 3.8) is 0 Å². The highest BCUT2D eigenvalue weighted by Crippen LogP contribution is 2.18. The molecule has 156 valence electrons. The molecule has 0 aromatic heterocycles. The van der Waals surface area contributed by atoms with Crippen molar-refractivity contribution in [1.82, 2.24) is 10.2 Å². The second-order valence-corrected chi connectivity index (χ2v) is 7.28. The van der Waals surface area contributed by atoms with Crippen LogP contribution in [0.25, 0.3) is 0 Å². The first kappa shape index (κ1) is 22.5. The van der Waals surface area contributed by atoms with Gasteiger partial charge in [0.25, 0.3) is 5.91 Å². The Morgan fingerprint density at radius 2 is 1.83 bits per heavy atom. The Labute approximate surface area is 174 Å². The SMILES string of the molecule is CCCNC(=O)C(CC)N(Cc1cccc(C)c1)C(=O)COc1ccccc1C. The van der Waals surface area contributed by atoms with E-state index in [1.54, 1.807) is 4.90 Å². The highest BCUT2D eigenvalue weighted by molar-refractivity contribution is 5.88.